The Morgan fingerprint density at radius 1 is 1.19 bits per heavy atom. The van der Waals surface area contributed by atoms with Crippen LogP contribution in [0.25, 0.3) is 0 Å². The maximum absolute atomic E-state index is 4.67. The van der Waals surface area contributed by atoms with Crippen molar-refractivity contribution in [2.24, 2.45) is 0 Å². The Hall–Kier alpha value is -0.410. The number of unbranched alkanes of at least 4 members (excludes halogenated alkanes) is 3. The number of rotatable bonds is 11. The fourth-order valence-electron chi connectivity index (χ4n) is 1.48. The third-order valence-electron chi connectivity index (χ3n) is 2.46. The van der Waals surface area contributed by atoms with Gasteiger partial charge < -0.3 is 10.6 Å². The highest BCUT2D eigenvalue weighted by molar-refractivity contribution is 7.78. The fourth-order valence-corrected chi connectivity index (χ4v) is 1.59. The zero-order valence-electron chi connectivity index (χ0n) is 10.7. The topological polar surface area (TPSA) is 24.1 Å². The molecule has 3 heteroatoms. The van der Waals surface area contributed by atoms with Crippen LogP contribution >= 0.6 is 12.2 Å². The lowest BCUT2D eigenvalue weighted by Crippen LogP contribution is -2.25. The molecule has 16 heavy (non-hydrogen) atoms. The summed E-state index contributed by atoms with van der Waals surface area (Å²) in [5.41, 5.74) is 1.57. The van der Waals surface area contributed by atoms with E-state index in [-0.39, 0.29) is 0 Å². The molecule has 0 rings (SSSR count). The maximum atomic E-state index is 4.67. The summed E-state index contributed by atoms with van der Waals surface area (Å²) in [6, 6.07) is 0.481. The summed E-state index contributed by atoms with van der Waals surface area (Å²) in [4.78, 5) is 0. The largest absolute Gasteiger partial charge is 0.382 e. The molecule has 0 saturated heterocycles. The van der Waals surface area contributed by atoms with Crippen LogP contribution in [0.2, 0.25) is 0 Å². The lowest BCUT2D eigenvalue weighted by atomic mass is 10.2. The molecule has 0 aliphatic carbocycles. The molecule has 0 aromatic carbocycles. The standard InChI is InChI=1S/C13H26N2S/c1-3-4-5-7-11-15-13(2)9-6-8-10-14-12-16/h6,9,12-13,15H,3-5,7-8,10-11H2,1-2H3,(H,14,16)/b9-6+. The summed E-state index contributed by atoms with van der Waals surface area (Å²) in [7, 11) is 0. The summed E-state index contributed by atoms with van der Waals surface area (Å²) in [6.45, 7) is 6.50. The molecule has 0 spiro atoms. The first-order valence-corrected chi connectivity index (χ1v) is 6.85. The van der Waals surface area contributed by atoms with Crippen LogP contribution in [0.4, 0.5) is 0 Å². The molecule has 0 saturated carbocycles. The minimum atomic E-state index is 0.481. The predicted octanol–water partition coefficient (Wildman–Crippen LogP) is 3.04. The highest BCUT2D eigenvalue weighted by Gasteiger charge is 1.94. The molecule has 0 aromatic rings. The van der Waals surface area contributed by atoms with Crippen LogP contribution < -0.4 is 10.6 Å². The lowest BCUT2D eigenvalue weighted by Gasteiger charge is -2.08. The number of hydrogen-bond donors (Lipinski definition) is 2. The van der Waals surface area contributed by atoms with E-state index in [1.165, 1.54) is 25.7 Å². The van der Waals surface area contributed by atoms with Crippen molar-refractivity contribution >= 4 is 17.7 Å². The van der Waals surface area contributed by atoms with Gasteiger partial charge in [0.25, 0.3) is 0 Å². The van der Waals surface area contributed by atoms with Gasteiger partial charge >= 0.3 is 0 Å². The van der Waals surface area contributed by atoms with E-state index in [2.05, 4.69) is 48.9 Å². The molecular formula is C13H26N2S. The molecule has 0 fully saturated rings. The van der Waals surface area contributed by atoms with Gasteiger partial charge in [0.05, 0.1) is 5.49 Å². The monoisotopic (exact) mass is 242 g/mol. The first kappa shape index (κ1) is 15.6. The molecule has 0 bridgehead atoms. The molecule has 0 heterocycles. The number of hydrogen-bond acceptors (Lipinski definition) is 2. The van der Waals surface area contributed by atoms with Crippen molar-refractivity contribution in [3.63, 3.8) is 0 Å². The Morgan fingerprint density at radius 2 is 2.00 bits per heavy atom. The first-order chi connectivity index (χ1) is 7.81. The van der Waals surface area contributed by atoms with Crippen LogP contribution in [0, 0.1) is 0 Å². The van der Waals surface area contributed by atoms with E-state index in [1.807, 2.05) is 0 Å². The maximum Gasteiger partial charge on any atom is 0.0614 e. The van der Waals surface area contributed by atoms with Gasteiger partial charge in [-0.15, -0.1) is 0 Å². The van der Waals surface area contributed by atoms with Crippen LogP contribution in [0.3, 0.4) is 0 Å². The van der Waals surface area contributed by atoms with Crippen molar-refractivity contribution < 1.29 is 0 Å². The number of thiocarbonyl (C=S) groups is 1. The summed E-state index contributed by atoms with van der Waals surface area (Å²) in [6.07, 6.45) is 10.8. The average molecular weight is 242 g/mol. The molecule has 0 radical (unpaired) electrons. The Bertz CT molecular complexity index is 181. The third-order valence-corrected chi connectivity index (χ3v) is 2.63. The van der Waals surface area contributed by atoms with Crippen molar-refractivity contribution in [2.45, 2.75) is 52.0 Å². The Kier molecular flexibility index (Phi) is 12.3. The van der Waals surface area contributed by atoms with Gasteiger partial charge in [-0.1, -0.05) is 50.6 Å². The van der Waals surface area contributed by atoms with Gasteiger partial charge in [0, 0.05) is 12.6 Å². The quantitative estimate of drug-likeness (QED) is 0.331. The summed E-state index contributed by atoms with van der Waals surface area (Å²) >= 11 is 4.67. The molecule has 1 atom stereocenters. The Morgan fingerprint density at radius 3 is 2.69 bits per heavy atom. The SMILES string of the molecule is CCCCCCNC(C)/C=C/CCNC=S. The molecule has 2 N–H and O–H groups in total. The molecule has 1 unspecified atom stereocenters. The van der Waals surface area contributed by atoms with Gasteiger partial charge in [0.2, 0.25) is 0 Å². The minimum Gasteiger partial charge on any atom is -0.382 e. The summed E-state index contributed by atoms with van der Waals surface area (Å²) < 4.78 is 0. The van der Waals surface area contributed by atoms with Gasteiger partial charge in [-0.3, -0.25) is 0 Å². The van der Waals surface area contributed by atoms with Gasteiger partial charge in [0.1, 0.15) is 0 Å². The van der Waals surface area contributed by atoms with E-state index >= 15 is 0 Å². The van der Waals surface area contributed by atoms with Crippen LogP contribution in [0.5, 0.6) is 0 Å². The van der Waals surface area contributed by atoms with Crippen LogP contribution in [0.15, 0.2) is 12.2 Å². The Balaban J connectivity index is 3.28. The third kappa shape index (κ3) is 11.7. The molecule has 2 nitrogen and oxygen atoms in total. The van der Waals surface area contributed by atoms with Gasteiger partial charge in [0.15, 0.2) is 0 Å². The Labute approximate surface area is 106 Å². The summed E-state index contributed by atoms with van der Waals surface area (Å²) in [5.74, 6) is 0. The van der Waals surface area contributed by atoms with Crippen molar-refractivity contribution in [1.29, 1.82) is 0 Å². The second-order valence-electron chi connectivity index (χ2n) is 4.09. The molecule has 0 aliphatic rings. The van der Waals surface area contributed by atoms with E-state index in [1.54, 1.807) is 5.49 Å². The molecule has 94 valence electrons. The lowest BCUT2D eigenvalue weighted by molar-refractivity contribution is 0.571. The van der Waals surface area contributed by atoms with Gasteiger partial charge in [-0.2, -0.15) is 0 Å². The van der Waals surface area contributed by atoms with Crippen molar-refractivity contribution in [3.05, 3.63) is 12.2 Å². The molecule has 0 aliphatic heterocycles. The van der Waals surface area contributed by atoms with Crippen molar-refractivity contribution in [2.75, 3.05) is 13.1 Å². The zero-order chi connectivity index (χ0) is 12.1. The highest BCUT2D eigenvalue weighted by Crippen LogP contribution is 1.97. The van der Waals surface area contributed by atoms with E-state index in [0.717, 1.165) is 19.5 Å². The summed E-state index contributed by atoms with van der Waals surface area (Å²) in [5, 5.41) is 6.50. The van der Waals surface area contributed by atoms with E-state index in [0.29, 0.717) is 6.04 Å². The van der Waals surface area contributed by atoms with Gasteiger partial charge in [-0.05, 0) is 26.3 Å². The van der Waals surface area contributed by atoms with Crippen molar-refractivity contribution in [1.82, 2.24) is 10.6 Å². The van der Waals surface area contributed by atoms with E-state index in [4.69, 9.17) is 0 Å². The minimum absolute atomic E-state index is 0.481. The smallest absolute Gasteiger partial charge is 0.0614 e. The normalized spacial score (nSPS) is 12.9. The zero-order valence-corrected chi connectivity index (χ0v) is 11.5. The second-order valence-corrected chi connectivity index (χ2v) is 4.33. The fraction of sp³-hybridized carbons (Fsp3) is 0.769. The van der Waals surface area contributed by atoms with Crippen molar-refractivity contribution in [3.8, 4) is 0 Å². The first-order valence-electron chi connectivity index (χ1n) is 6.38. The van der Waals surface area contributed by atoms with E-state index < -0.39 is 0 Å². The molecular weight excluding hydrogens is 216 g/mol. The number of nitrogens with one attached hydrogen (secondary N) is 2. The molecule has 0 amide bonds. The van der Waals surface area contributed by atoms with Crippen LogP contribution in [-0.4, -0.2) is 24.6 Å². The van der Waals surface area contributed by atoms with Crippen LogP contribution in [-0.2, 0) is 0 Å². The molecule has 0 aromatic heterocycles. The highest BCUT2D eigenvalue weighted by atomic mass is 32.1. The second kappa shape index (κ2) is 12.7. The van der Waals surface area contributed by atoms with Crippen LogP contribution in [0.1, 0.15) is 46.0 Å². The average Bonchev–Trinajstić information content (AvgIpc) is 2.28. The van der Waals surface area contributed by atoms with E-state index in [9.17, 15) is 0 Å². The predicted molar refractivity (Wildman–Crippen MR) is 77.0 cm³/mol. The van der Waals surface area contributed by atoms with Gasteiger partial charge in [-0.25, -0.2) is 0 Å².